The molecule has 1 nitrogen and oxygen atoms in total. The number of allylic oxidation sites excluding steroid dienone is 1. The van der Waals surface area contributed by atoms with Crippen molar-refractivity contribution in [2.45, 2.75) is 20.3 Å². The molecule has 2 heteroatoms. The first-order valence-electron chi connectivity index (χ1n) is 3.96. The Morgan fingerprint density at radius 1 is 1.55 bits per heavy atom. The lowest BCUT2D eigenvalue weighted by Crippen LogP contribution is -2.21. The van der Waals surface area contributed by atoms with E-state index in [9.17, 15) is 0 Å². The molecule has 0 aromatic rings. The van der Waals surface area contributed by atoms with Gasteiger partial charge < -0.3 is 0 Å². The summed E-state index contributed by atoms with van der Waals surface area (Å²) in [4.78, 5) is 0. The summed E-state index contributed by atoms with van der Waals surface area (Å²) in [5, 5.41) is 0. The van der Waals surface area contributed by atoms with E-state index in [1.54, 1.807) is 5.57 Å². The van der Waals surface area contributed by atoms with E-state index in [2.05, 4.69) is 52.0 Å². The van der Waals surface area contributed by atoms with Gasteiger partial charge in [0.15, 0.2) is 0 Å². The largest absolute Gasteiger partial charge is 0.243 e. The minimum atomic E-state index is 1.11. The van der Waals surface area contributed by atoms with E-state index >= 15 is 0 Å². The van der Waals surface area contributed by atoms with E-state index in [1.165, 1.54) is 18.5 Å². The summed E-state index contributed by atoms with van der Waals surface area (Å²) in [5.41, 5.74) is 3.05. The van der Waals surface area contributed by atoms with E-state index in [-0.39, 0.29) is 0 Å². The summed E-state index contributed by atoms with van der Waals surface area (Å²) in [6.45, 7) is 6.62. The second kappa shape index (κ2) is 4.26. The maximum Gasteiger partial charge on any atom is 0.0331 e. The van der Waals surface area contributed by atoms with Crippen LogP contribution in [0.3, 0.4) is 0 Å². The Kier molecular flexibility index (Phi) is 3.59. The van der Waals surface area contributed by atoms with Crippen molar-refractivity contribution in [2.75, 3.05) is 13.1 Å². The molecule has 0 atom stereocenters. The maximum absolute atomic E-state index is 2.39. The number of halogens is 1. The van der Waals surface area contributed by atoms with Crippen LogP contribution in [0.5, 0.6) is 0 Å². The smallest absolute Gasteiger partial charge is 0.0331 e. The van der Waals surface area contributed by atoms with Gasteiger partial charge in [-0.2, -0.15) is 0 Å². The SMILES string of the molecule is C/C=C\C1=C(C)CCN(I)C1. The van der Waals surface area contributed by atoms with Crippen LogP contribution in [-0.2, 0) is 0 Å². The van der Waals surface area contributed by atoms with Gasteiger partial charge in [0.05, 0.1) is 0 Å². The normalized spacial score (nSPS) is 21.7. The van der Waals surface area contributed by atoms with Gasteiger partial charge >= 0.3 is 0 Å². The molecule has 0 aromatic heterocycles. The van der Waals surface area contributed by atoms with Gasteiger partial charge in [0.2, 0.25) is 0 Å². The Bertz CT molecular complexity index is 194. The molecule has 1 aliphatic heterocycles. The Morgan fingerprint density at radius 3 is 2.91 bits per heavy atom. The van der Waals surface area contributed by atoms with Crippen molar-refractivity contribution in [3.05, 3.63) is 23.3 Å². The molecule has 0 amide bonds. The van der Waals surface area contributed by atoms with E-state index in [1.807, 2.05) is 0 Å². The van der Waals surface area contributed by atoms with Crippen molar-refractivity contribution < 1.29 is 0 Å². The second-order valence-corrected chi connectivity index (χ2v) is 4.26. The van der Waals surface area contributed by atoms with Gasteiger partial charge in [0.1, 0.15) is 0 Å². The fourth-order valence-electron chi connectivity index (χ4n) is 1.24. The second-order valence-electron chi connectivity index (χ2n) is 2.90. The molecule has 0 N–H and O–H groups in total. The van der Waals surface area contributed by atoms with Gasteiger partial charge in [-0.25, -0.2) is 3.11 Å². The Labute approximate surface area is 82.7 Å². The first-order chi connectivity index (χ1) is 5.24. The van der Waals surface area contributed by atoms with Crippen molar-refractivity contribution >= 4 is 22.9 Å². The van der Waals surface area contributed by atoms with Crippen LogP contribution in [-0.4, -0.2) is 16.2 Å². The monoisotopic (exact) mass is 263 g/mol. The number of hydrogen-bond acceptors (Lipinski definition) is 1. The molecule has 0 saturated carbocycles. The molecule has 62 valence electrons. The average molecular weight is 263 g/mol. The standard InChI is InChI=1S/C9H14IN/c1-3-4-9-7-11(10)6-5-8(9)2/h3-4H,5-7H2,1-2H3/b4-3-. The topological polar surface area (TPSA) is 3.24 Å². The molecule has 0 fully saturated rings. The van der Waals surface area contributed by atoms with Crippen LogP contribution < -0.4 is 0 Å². The van der Waals surface area contributed by atoms with Gasteiger partial charge in [-0.15, -0.1) is 0 Å². The van der Waals surface area contributed by atoms with Gasteiger partial charge in [-0.3, -0.25) is 0 Å². The predicted molar refractivity (Wildman–Crippen MR) is 57.7 cm³/mol. The summed E-state index contributed by atoms with van der Waals surface area (Å²) in [6, 6.07) is 0. The number of hydrogen-bond donors (Lipinski definition) is 0. The molecule has 1 rings (SSSR count). The highest BCUT2D eigenvalue weighted by Crippen LogP contribution is 2.20. The van der Waals surface area contributed by atoms with Crippen molar-refractivity contribution in [3.63, 3.8) is 0 Å². The summed E-state index contributed by atoms with van der Waals surface area (Å²) in [5.74, 6) is 0. The fraction of sp³-hybridized carbons (Fsp3) is 0.556. The average Bonchev–Trinajstić information content (AvgIpc) is 1.98. The zero-order chi connectivity index (χ0) is 8.27. The fourth-order valence-corrected chi connectivity index (χ4v) is 1.85. The van der Waals surface area contributed by atoms with E-state index in [4.69, 9.17) is 0 Å². The molecule has 11 heavy (non-hydrogen) atoms. The van der Waals surface area contributed by atoms with Crippen LogP contribution in [0.25, 0.3) is 0 Å². The predicted octanol–water partition coefficient (Wildman–Crippen LogP) is 2.93. The summed E-state index contributed by atoms with van der Waals surface area (Å²) >= 11 is 2.39. The van der Waals surface area contributed by atoms with Crippen LogP contribution in [0, 0.1) is 0 Å². The van der Waals surface area contributed by atoms with E-state index < -0.39 is 0 Å². The maximum atomic E-state index is 2.39. The van der Waals surface area contributed by atoms with Crippen LogP contribution in [0.1, 0.15) is 20.3 Å². The highest BCUT2D eigenvalue weighted by atomic mass is 127. The van der Waals surface area contributed by atoms with E-state index in [0.717, 1.165) is 6.54 Å². The molecule has 0 spiro atoms. The molecule has 0 saturated heterocycles. The van der Waals surface area contributed by atoms with Gasteiger partial charge in [0, 0.05) is 36.0 Å². The lowest BCUT2D eigenvalue weighted by Gasteiger charge is -2.22. The third kappa shape index (κ3) is 2.60. The van der Waals surface area contributed by atoms with Gasteiger partial charge in [-0.05, 0) is 25.8 Å². The Morgan fingerprint density at radius 2 is 2.27 bits per heavy atom. The van der Waals surface area contributed by atoms with Crippen LogP contribution in [0.2, 0.25) is 0 Å². The van der Waals surface area contributed by atoms with Crippen LogP contribution in [0.15, 0.2) is 23.3 Å². The summed E-state index contributed by atoms with van der Waals surface area (Å²) < 4.78 is 2.33. The van der Waals surface area contributed by atoms with E-state index in [0.29, 0.717) is 0 Å². The van der Waals surface area contributed by atoms with Gasteiger partial charge in [0.25, 0.3) is 0 Å². The van der Waals surface area contributed by atoms with Crippen LogP contribution >= 0.6 is 22.9 Å². The third-order valence-electron chi connectivity index (χ3n) is 1.99. The first-order valence-corrected chi connectivity index (χ1v) is 4.92. The molecular formula is C9H14IN. The van der Waals surface area contributed by atoms with Crippen molar-refractivity contribution in [1.29, 1.82) is 0 Å². The third-order valence-corrected chi connectivity index (χ3v) is 2.81. The molecule has 1 aliphatic rings. The highest BCUT2D eigenvalue weighted by molar-refractivity contribution is 14.1. The molecule has 0 aliphatic carbocycles. The summed E-state index contributed by atoms with van der Waals surface area (Å²) in [6.07, 6.45) is 5.57. The van der Waals surface area contributed by atoms with Crippen molar-refractivity contribution in [1.82, 2.24) is 3.11 Å². The summed E-state index contributed by atoms with van der Waals surface area (Å²) in [7, 11) is 0. The lowest BCUT2D eigenvalue weighted by atomic mass is 10.0. The van der Waals surface area contributed by atoms with Gasteiger partial charge in [-0.1, -0.05) is 17.7 Å². The molecular weight excluding hydrogens is 249 g/mol. The van der Waals surface area contributed by atoms with Crippen molar-refractivity contribution in [3.8, 4) is 0 Å². The first kappa shape index (κ1) is 9.26. The molecule has 0 bridgehead atoms. The highest BCUT2D eigenvalue weighted by Gasteiger charge is 2.11. The lowest BCUT2D eigenvalue weighted by molar-refractivity contribution is 0.525. The number of rotatable bonds is 1. The molecule has 0 aromatic carbocycles. The zero-order valence-corrected chi connectivity index (χ0v) is 9.26. The molecule has 0 unspecified atom stereocenters. The Balaban J connectivity index is 2.71. The number of nitrogens with zero attached hydrogens (tertiary/aromatic N) is 1. The molecule has 0 radical (unpaired) electrons. The zero-order valence-electron chi connectivity index (χ0n) is 7.10. The van der Waals surface area contributed by atoms with Crippen molar-refractivity contribution in [2.24, 2.45) is 0 Å². The minimum Gasteiger partial charge on any atom is -0.243 e. The van der Waals surface area contributed by atoms with Crippen LogP contribution in [0.4, 0.5) is 0 Å². The quantitative estimate of drug-likeness (QED) is 0.519. The minimum absolute atomic E-state index is 1.11. The Hall–Kier alpha value is 0.170. The molecule has 1 heterocycles.